The van der Waals surface area contributed by atoms with Crippen LogP contribution in [-0.4, -0.2) is 22.2 Å². The third-order valence-electron chi connectivity index (χ3n) is 2.19. The Morgan fingerprint density at radius 2 is 2.29 bits per heavy atom. The van der Waals surface area contributed by atoms with Crippen LogP contribution in [0.2, 0.25) is 0 Å². The Hall–Kier alpha value is -1.62. The second kappa shape index (κ2) is 5.14. The number of hydrogen-bond acceptors (Lipinski definition) is 5. The molecule has 0 saturated heterocycles. The number of pyridine rings is 1. The second-order valence-corrected chi connectivity index (χ2v) is 4.21. The standard InChI is InChI=1S/C11H12ClN3O2/c1-7(12)11-14-9(15-17-11)5-8-3-4-10(16-2)13-6-8/h3-4,6-7H,5H2,1-2H3. The van der Waals surface area contributed by atoms with Crippen molar-refractivity contribution in [2.75, 3.05) is 7.11 Å². The zero-order chi connectivity index (χ0) is 12.3. The van der Waals surface area contributed by atoms with Gasteiger partial charge in [-0.25, -0.2) is 4.98 Å². The zero-order valence-electron chi connectivity index (χ0n) is 9.55. The summed E-state index contributed by atoms with van der Waals surface area (Å²) in [6.45, 7) is 1.79. The van der Waals surface area contributed by atoms with Crippen LogP contribution in [0.4, 0.5) is 0 Å². The van der Waals surface area contributed by atoms with Gasteiger partial charge in [0, 0.05) is 18.7 Å². The highest BCUT2D eigenvalue weighted by molar-refractivity contribution is 6.20. The fraction of sp³-hybridized carbons (Fsp3) is 0.364. The number of methoxy groups -OCH3 is 1. The van der Waals surface area contributed by atoms with Gasteiger partial charge >= 0.3 is 0 Å². The first kappa shape index (κ1) is 11.9. The van der Waals surface area contributed by atoms with Gasteiger partial charge < -0.3 is 9.26 Å². The van der Waals surface area contributed by atoms with E-state index in [0.717, 1.165) is 5.56 Å². The van der Waals surface area contributed by atoms with Crippen molar-refractivity contribution >= 4 is 11.6 Å². The van der Waals surface area contributed by atoms with E-state index in [9.17, 15) is 0 Å². The zero-order valence-corrected chi connectivity index (χ0v) is 10.3. The van der Waals surface area contributed by atoms with Crippen molar-refractivity contribution in [2.24, 2.45) is 0 Å². The molecule has 0 fully saturated rings. The number of alkyl halides is 1. The number of ether oxygens (including phenoxy) is 1. The van der Waals surface area contributed by atoms with E-state index in [0.29, 0.717) is 24.0 Å². The van der Waals surface area contributed by atoms with E-state index in [1.54, 1.807) is 26.3 Å². The minimum atomic E-state index is -0.273. The maximum absolute atomic E-state index is 5.83. The molecule has 0 radical (unpaired) electrons. The summed E-state index contributed by atoms with van der Waals surface area (Å²) in [5, 5.41) is 3.57. The van der Waals surface area contributed by atoms with E-state index in [1.165, 1.54) is 0 Å². The van der Waals surface area contributed by atoms with E-state index in [2.05, 4.69) is 15.1 Å². The third kappa shape index (κ3) is 2.94. The van der Waals surface area contributed by atoms with Gasteiger partial charge in [0.25, 0.3) is 0 Å². The van der Waals surface area contributed by atoms with Crippen molar-refractivity contribution in [3.63, 3.8) is 0 Å². The van der Waals surface area contributed by atoms with Crippen LogP contribution in [-0.2, 0) is 6.42 Å². The molecule has 0 aromatic carbocycles. The molecule has 2 rings (SSSR count). The van der Waals surface area contributed by atoms with Gasteiger partial charge in [-0.1, -0.05) is 11.2 Å². The first-order valence-corrected chi connectivity index (χ1v) is 5.58. The third-order valence-corrected chi connectivity index (χ3v) is 2.38. The molecule has 0 bridgehead atoms. The Kier molecular flexibility index (Phi) is 3.58. The summed E-state index contributed by atoms with van der Waals surface area (Å²) >= 11 is 5.83. The minimum absolute atomic E-state index is 0.273. The summed E-state index contributed by atoms with van der Waals surface area (Å²) in [4.78, 5) is 8.28. The number of halogens is 1. The molecule has 2 heterocycles. The molecule has 6 heteroatoms. The van der Waals surface area contributed by atoms with Crippen LogP contribution in [0.25, 0.3) is 0 Å². The minimum Gasteiger partial charge on any atom is -0.481 e. The van der Waals surface area contributed by atoms with E-state index in [1.807, 2.05) is 6.07 Å². The molecule has 0 aliphatic carbocycles. The van der Waals surface area contributed by atoms with Crippen LogP contribution in [0.15, 0.2) is 22.9 Å². The summed E-state index contributed by atoms with van der Waals surface area (Å²) in [6.07, 6.45) is 2.28. The molecular weight excluding hydrogens is 242 g/mol. The van der Waals surface area contributed by atoms with E-state index in [4.69, 9.17) is 20.9 Å². The summed E-state index contributed by atoms with van der Waals surface area (Å²) in [5.41, 5.74) is 0.986. The van der Waals surface area contributed by atoms with Crippen molar-refractivity contribution in [1.29, 1.82) is 0 Å². The van der Waals surface area contributed by atoms with Crippen LogP contribution in [0.5, 0.6) is 5.88 Å². The van der Waals surface area contributed by atoms with Crippen LogP contribution >= 0.6 is 11.6 Å². The fourth-order valence-electron chi connectivity index (χ4n) is 1.32. The number of nitrogens with zero attached hydrogens (tertiary/aromatic N) is 3. The van der Waals surface area contributed by atoms with Gasteiger partial charge in [-0.2, -0.15) is 4.98 Å². The average Bonchev–Trinajstić information content (AvgIpc) is 2.79. The van der Waals surface area contributed by atoms with Crippen molar-refractivity contribution in [3.05, 3.63) is 35.6 Å². The first-order valence-electron chi connectivity index (χ1n) is 5.14. The molecule has 5 nitrogen and oxygen atoms in total. The Balaban J connectivity index is 2.08. The van der Waals surface area contributed by atoms with Crippen molar-refractivity contribution < 1.29 is 9.26 Å². The molecule has 0 spiro atoms. The highest BCUT2D eigenvalue weighted by atomic mass is 35.5. The van der Waals surface area contributed by atoms with Gasteiger partial charge in [-0.05, 0) is 12.5 Å². The molecule has 17 heavy (non-hydrogen) atoms. The van der Waals surface area contributed by atoms with Crippen LogP contribution in [0.1, 0.15) is 29.6 Å². The molecule has 0 aliphatic rings. The first-order chi connectivity index (χ1) is 8.19. The molecule has 90 valence electrons. The second-order valence-electron chi connectivity index (χ2n) is 3.55. The Bertz CT molecular complexity index is 482. The smallest absolute Gasteiger partial charge is 0.244 e. The van der Waals surface area contributed by atoms with Gasteiger partial charge in [-0.3, -0.25) is 0 Å². The normalized spacial score (nSPS) is 12.4. The Labute approximate surface area is 104 Å². The topological polar surface area (TPSA) is 61.0 Å². The van der Waals surface area contributed by atoms with E-state index < -0.39 is 0 Å². The lowest BCUT2D eigenvalue weighted by Gasteiger charge is -1.99. The molecule has 0 amide bonds. The summed E-state index contributed by atoms with van der Waals surface area (Å²) in [6, 6.07) is 3.70. The lowest BCUT2D eigenvalue weighted by Crippen LogP contribution is -1.94. The Morgan fingerprint density at radius 1 is 1.47 bits per heavy atom. The number of hydrogen-bond donors (Lipinski definition) is 0. The predicted octanol–water partition coefficient (Wildman–Crippen LogP) is 2.36. The molecule has 2 aromatic heterocycles. The summed E-state index contributed by atoms with van der Waals surface area (Å²) < 4.78 is 9.98. The van der Waals surface area contributed by atoms with Gasteiger partial charge in [0.2, 0.25) is 11.8 Å². The van der Waals surface area contributed by atoms with Crippen LogP contribution in [0.3, 0.4) is 0 Å². The molecular formula is C11H12ClN3O2. The molecule has 1 unspecified atom stereocenters. The maximum Gasteiger partial charge on any atom is 0.244 e. The number of rotatable bonds is 4. The fourth-order valence-corrected chi connectivity index (χ4v) is 1.41. The maximum atomic E-state index is 5.83. The van der Waals surface area contributed by atoms with Gasteiger partial charge in [-0.15, -0.1) is 11.6 Å². The van der Waals surface area contributed by atoms with Crippen molar-refractivity contribution in [1.82, 2.24) is 15.1 Å². The van der Waals surface area contributed by atoms with Crippen molar-refractivity contribution in [2.45, 2.75) is 18.7 Å². The predicted molar refractivity (Wildman–Crippen MR) is 62.2 cm³/mol. The largest absolute Gasteiger partial charge is 0.481 e. The lowest BCUT2D eigenvalue weighted by molar-refractivity contribution is 0.374. The molecule has 0 saturated carbocycles. The van der Waals surface area contributed by atoms with E-state index >= 15 is 0 Å². The average molecular weight is 254 g/mol. The Morgan fingerprint density at radius 3 is 2.82 bits per heavy atom. The molecule has 0 N–H and O–H groups in total. The highest BCUT2D eigenvalue weighted by Crippen LogP contribution is 2.17. The number of aromatic nitrogens is 3. The quantitative estimate of drug-likeness (QED) is 0.783. The summed E-state index contributed by atoms with van der Waals surface area (Å²) in [5.74, 6) is 1.61. The monoisotopic (exact) mass is 253 g/mol. The van der Waals surface area contributed by atoms with Gasteiger partial charge in [0.15, 0.2) is 5.82 Å². The SMILES string of the molecule is COc1ccc(Cc2noc(C(C)Cl)n2)cn1. The molecule has 2 aromatic rings. The molecule has 0 aliphatic heterocycles. The van der Waals surface area contributed by atoms with Gasteiger partial charge in [0.1, 0.15) is 5.38 Å². The van der Waals surface area contributed by atoms with Crippen LogP contribution in [0, 0.1) is 0 Å². The highest BCUT2D eigenvalue weighted by Gasteiger charge is 2.11. The van der Waals surface area contributed by atoms with Gasteiger partial charge in [0.05, 0.1) is 7.11 Å². The molecule has 1 atom stereocenters. The van der Waals surface area contributed by atoms with E-state index in [-0.39, 0.29) is 5.38 Å². The summed E-state index contributed by atoms with van der Waals surface area (Å²) in [7, 11) is 1.58. The van der Waals surface area contributed by atoms with Crippen molar-refractivity contribution in [3.8, 4) is 5.88 Å². The lowest BCUT2D eigenvalue weighted by atomic mass is 10.2. The van der Waals surface area contributed by atoms with Crippen LogP contribution < -0.4 is 4.74 Å².